The Hall–Kier alpha value is -3.59. The number of aromatic nitrogens is 5. The van der Waals surface area contributed by atoms with Gasteiger partial charge in [-0.1, -0.05) is 35.0 Å². The van der Waals surface area contributed by atoms with Crippen LogP contribution < -0.4 is 4.90 Å². The molecule has 1 fully saturated rings. The fourth-order valence-electron chi connectivity index (χ4n) is 3.81. The van der Waals surface area contributed by atoms with Gasteiger partial charge in [0.05, 0.1) is 12.1 Å². The van der Waals surface area contributed by atoms with Crippen molar-refractivity contribution in [1.29, 1.82) is 0 Å². The van der Waals surface area contributed by atoms with Crippen LogP contribution in [0.15, 0.2) is 54.9 Å². The van der Waals surface area contributed by atoms with Crippen LogP contribution in [0.25, 0.3) is 16.9 Å². The van der Waals surface area contributed by atoms with Crippen LogP contribution in [0.5, 0.6) is 0 Å². The highest BCUT2D eigenvalue weighted by Crippen LogP contribution is 2.24. The monoisotopic (exact) mass is 451 g/mol. The van der Waals surface area contributed by atoms with Crippen molar-refractivity contribution < 1.29 is 9.18 Å². The van der Waals surface area contributed by atoms with Crippen molar-refractivity contribution in [2.75, 3.05) is 31.1 Å². The summed E-state index contributed by atoms with van der Waals surface area (Å²) in [4.78, 5) is 25.3. The number of halogens is 2. The van der Waals surface area contributed by atoms with Crippen LogP contribution in [0.3, 0.4) is 0 Å². The van der Waals surface area contributed by atoms with Crippen molar-refractivity contribution >= 4 is 34.5 Å². The van der Waals surface area contributed by atoms with Gasteiger partial charge in [-0.2, -0.15) is 4.68 Å². The summed E-state index contributed by atoms with van der Waals surface area (Å²) in [6.07, 6.45) is 1.80. The lowest BCUT2D eigenvalue weighted by Crippen LogP contribution is -2.49. The number of rotatable bonds is 4. The Morgan fingerprint density at radius 3 is 2.56 bits per heavy atom. The van der Waals surface area contributed by atoms with Gasteiger partial charge in [-0.3, -0.25) is 4.79 Å². The highest BCUT2D eigenvalue weighted by atomic mass is 35.5. The number of carbonyl (C=O) groups excluding carboxylic acids is 1. The smallest absolute Gasteiger partial charge is 0.227 e. The molecule has 0 N–H and O–H groups in total. The molecule has 0 bridgehead atoms. The molecule has 2 aromatic carbocycles. The van der Waals surface area contributed by atoms with E-state index < -0.39 is 0 Å². The first kappa shape index (κ1) is 20.3. The Labute approximate surface area is 188 Å². The average Bonchev–Trinajstić information content (AvgIpc) is 3.25. The molecule has 0 saturated carbocycles. The van der Waals surface area contributed by atoms with Gasteiger partial charge in [0.25, 0.3) is 0 Å². The van der Waals surface area contributed by atoms with Gasteiger partial charge < -0.3 is 9.80 Å². The van der Waals surface area contributed by atoms with E-state index in [2.05, 4.69) is 25.2 Å². The van der Waals surface area contributed by atoms with Crippen LogP contribution in [0.4, 0.5) is 10.2 Å². The van der Waals surface area contributed by atoms with E-state index in [1.54, 1.807) is 24.3 Å². The summed E-state index contributed by atoms with van der Waals surface area (Å²) in [5.41, 5.74) is 2.52. The summed E-state index contributed by atoms with van der Waals surface area (Å²) in [6.45, 7) is 2.39. The molecule has 1 saturated heterocycles. The maximum absolute atomic E-state index is 13.6. The number of hydrogen-bond acceptors (Lipinski definition) is 6. The molecule has 32 heavy (non-hydrogen) atoms. The molecule has 2 aromatic heterocycles. The summed E-state index contributed by atoms with van der Waals surface area (Å²) < 4.78 is 15.1. The molecule has 0 unspecified atom stereocenters. The third-order valence-corrected chi connectivity index (χ3v) is 5.72. The Morgan fingerprint density at radius 1 is 1.03 bits per heavy atom. The molecule has 10 heteroatoms. The molecule has 5 rings (SSSR count). The molecule has 3 heterocycles. The van der Waals surface area contributed by atoms with E-state index in [0.29, 0.717) is 60.3 Å². The van der Waals surface area contributed by atoms with Gasteiger partial charge in [0.1, 0.15) is 12.1 Å². The quantitative estimate of drug-likeness (QED) is 0.474. The van der Waals surface area contributed by atoms with Crippen molar-refractivity contribution in [2.45, 2.75) is 6.42 Å². The number of piperazine rings is 1. The molecular weight excluding hydrogens is 433 g/mol. The van der Waals surface area contributed by atoms with Gasteiger partial charge in [-0.25, -0.2) is 14.4 Å². The largest absolute Gasteiger partial charge is 0.351 e. The molecule has 0 radical (unpaired) electrons. The van der Waals surface area contributed by atoms with Gasteiger partial charge >= 0.3 is 0 Å². The van der Waals surface area contributed by atoms with Crippen LogP contribution in [0.1, 0.15) is 5.56 Å². The SMILES string of the molecule is O=C(Cc1ccc(Cl)cc1)N1CCN(c2ncnc3c2nnn3-c2cccc(F)c2)CC1. The zero-order valence-electron chi connectivity index (χ0n) is 17.0. The van der Waals surface area contributed by atoms with Crippen molar-refractivity contribution in [3.8, 4) is 5.69 Å². The second-order valence-electron chi connectivity index (χ2n) is 7.52. The van der Waals surface area contributed by atoms with Crippen LogP contribution in [0.2, 0.25) is 5.02 Å². The van der Waals surface area contributed by atoms with Crippen LogP contribution in [0, 0.1) is 5.82 Å². The predicted octanol–water partition coefficient (Wildman–Crippen LogP) is 2.89. The summed E-state index contributed by atoms with van der Waals surface area (Å²) in [5.74, 6) is 0.374. The van der Waals surface area contributed by atoms with Crippen LogP contribution >= 0.6 is 11.6 Å². The first-order valence-corrected chi connectivity index (χ1v) is 10.6. The lowest BCUT2D eigenvalue weighted by molar-refractivity contribution is -0.130. The molecule has 4 aromatic rings. The highest BCUT2D eigenvalue weighted by Gasteiger charge is 2.25. The zero-order chi connectivity index (χ0) is 22.1. The van der Waals surface area contributed by atoms with Gasteiger partial charge in [0, 0.05) is 31.2 Å². The van der Waals surface area contributed by atoms with Gasteiger partial charge in [-0.05, 0) is 35.9 Å². The predicted molar refractivity (Wildman–Crippen MR) is 118 cm³/mol. The number of anilines is 1. The molecule has 162 valence electrons. The summed E-state index contributed by atoms with van der Waals surface area (Å²) >= 11 is 5.92. The lowest BCUT2D eigenvalue weighted by atomic mass is 10.1. The van der Waals surface area contributed by atoms with Crippen LogP contribution in [-0.4, -0.2) is 61.9 Å². The topological polar surface area (TPSA) is 80.0 Å². The molecule has 1 aliphatic heterocycles. The van der Waals surface area contributed by atoms with E-state index >= 15 is 0 Å². The fraction of sp³-hybridized carbons (Fsp3) is 0.227. The first-order chi connectivity index (χ1) is 15.6. The van der Waals surface area contributed by atoms with Gasteiger partial charge in [0.15, 0.2) is 17.0 Å². The molecular formula is C22H19ClFN7O. The molecule has 0 atom stereocenters. The Kier molecular flexibility index (Phi) is 5.40. The number of nitrogens with zero attached hydrogens (tertiary/aromatic N) is 7. The van der Waals surface area contributed by atoms with Gasteiger partial charge in [0.2, 0.25) is 5.91 Å². The number of carbonyl (C=O) groups is 1. The van der Waals surface area contributed by atoms with E-state index in [1.807, 2.05) is 17.0 Å². The second-order valence-corrected chi connectivity index (χ2v) is 7.96. The van der Waals surface area contributed by atoms with E-state index in [1.165, 1.54) is 23.1 Å². The molecule has 1 aliphatic rings. The first-order valence-electron chi connectivity index (χ1n) is 10.2. The number of fused-ring (bicyclic) bond motifs is 1. The Balaban J connectivity index is 1.31. The Bertz CT molecular complexity index is 1270. The molecule has 0 aliphatic carbocycles. The minimum atomic E-state index is -0.361. The van der Waals surface area contributed by atoms with E-state index in [9.17, 15) is 9.18 Å². The van der Waals surface area contributed by atoms with E-state index in [0.717, 1.165) is 5.56 Å². The lowest BCUT2D eigenvalue weighted by Gasteiger charge is -2.35. The van der Waals surface area contributed by atoms with Gasteiger partial charge in [-0.15, -0.1) is 5.10 Å². The third kappa shape index (κ3) is 3.99. The fourth-order valence-corrected chi connectivity index (χ4v) is 3.93. The average molecular weight is 452 g/mol. The number of amides is 1. The van der Waals surface area contributed by atoms with E-state index in [-0.39, 0.29) is 11.7 Å². The minimum absolute atomic E-state index is 0.0804. The molecule has 0 spiro atoms. The zero-order valence-corrected chi connectivity index (χ0v) is 17.8. The van der Waals surface area contributed by atoms with Crippen molar-refractivity contribution in [2.24, 2.45) is 0 Å². The Morgan fingerprint density at radius 2 is 1.81 bits per heavy atom. The third-order valence-electron chi connectivity index (χ3n) is 5.47. The number of benzene rings is 2. The van der Waals surface area contributed by atoms with Crippen molar-refractivity contribution in [3.63, 3.8) is 0 Å². The highest BCUT2D eigenvalue weighted by molar-refractivity contribution is 6.30. The molecule has 8 nitrogen and oxygen atoms in total. The second kappa shape index (κ2) is 8.51. The van der Waals surface area contributed by atoms with Crippen molar-refractivity contribution in [3.05, 3.63) is 71.3 Å². The maximum Gasteiger partial charge on any atom is 0.227 e. The van der Waals surface area contributed by atoms with Crippen LogP contribution in [-0.2, 0) is 11.2 Å². The summed E-state index contributed by atoms with van der Waals surface area (Å²) in [6, 6.07) is 13.4. The number of hydrogen-bond donors (Lipinski definition) is 0. The standard InChI is InChI=1S/C22H19ClFN7O/c23-16-6-4-15(5-7-16)12-19(32)29-8-10-30(11-9-29)21-20-22(26-14-25-21)31(28-27-20)18-3-1-2-17(24)13-18/h1-7,13-14H,8-12H2. The maximum atomic E-state index is 13.6. The normalized spacial score (nSPS) is 14.2. The van der Waals surface area contributed by atoms with E-state index in [4.69, 9.17) is 11.6 Å². The molecule has 1 amide bonds. The summed E-state index contributed by atoms with van der Waals surface area (Å²) in [7, 11) is 0. The minimum Gasteiger partial charge on any atom is -0.351 e. The van der Waals surface area contributed by atoms with Crippen molar-refractivity contribution in [1.82, 2.24) is 29.9 Å². The summed E-state index contributed by atoms with van der Waals surface area (Å²) in [5, 5.41) is 9.06.